The average molecular weight is 369 g/mol. The second-order valence-corrected chi connectivity index (χ2v) is 7.16. The Balaban J connectivity index is 1.97. The Morgan fingerprint density at radius 1 is 0.556 bits per heavy atom. The van der Waals surface area contributed by atoms with Gasteiger partial charge in [0.1, 0.15) is 11.5 Å². The largest absolute Gasteiger partial charge is 0.457 e. The number of rotatable bonds is 2. The van der Waals surface area contributed by atoms with Crippen LogP contribution in [0.1, 0.15) is 22.3 Å². The fraction of sp³-hybridized carbons (Fsp3) is 0.0400. The molecule has 4 aromatic rings. The Hall–Kier alpha value is -3.03. The smallest absolute Gasteiger partial charge is 0.132 e. The first-order valence-electron chi connectivity index (χ1n) is 8.98. The van der Waals surface area contributed by atoms with Gasteiger partial charge >= 0.3 is 0 Å². The van der Waals surface area contributed by atoms with E-state index in [1.807, 2.05) is 42.5 Å². The van der Waals surface area contributed by atoms with Crippen molar-refractivity contribution in [3.63, 3.8) is 0 Å². The molecule has 0 bridgehead atoms. The van der Waals surface area contributed by atoms with Crippen LogP contribution in [0.2, 0.25) is 5.02 Å². The Labute approximate surface area is 163 Å². The van der Waals surface area contributed by atoms with Crippen molar-refractivity contribution in [2.75, 3.05) is 0 Å². The summed E-state index contributed by atoms with van der Waals surface area (Å²) >= 11 is 6.44. The van der Waals surface area contributed by atoms with Gasteiger partial charge in [-0.05, 0) is 35.4 Å². The van der Waals surface area contributed by atoms with Gasteiger partial charge in [-0.3, -0.25) is 0 Å². The van der Waals surface area contributed by atoms with Crippen LogP contribution < -0.4 is 4.74 Å². The molecule has 130 valence electrons. The molecule has 1 aliphatic rings. The van der Waals surface area contributed by atoms with Crippen LogP contribution in [0, 0.1) is 0 Å². The summed E-state index contributed by atoms with van der Waals surface area (Å²) in [5.41, 5.74) is 4.08. The van der Waals surface area contributed by atoms with Crippen molar-refractivity contribution in [1.29, 1.82) is 0 Å². The molecule has 5 rings (SSSR count). The first-order chi connectivity index (χ1) is 13.3. The van der Waals surface area contributed by atoms with E-state index in [0.717, 1.165) is 33.2 Å². The zero-order valence-corrected chi connectivity index (χ0v) is 15.4. The summed E-state index contributed by atoms with van der Waals surface area (Å²) in [4.78, 5) is 0. The van der Waals surface area contributed by atoms with Crippen LogP contribution in [0.4, 0.5) is 0 Å². The third-order valence-corrected chi connectivity index (χ3v) is 5.50. The van der Waals surface area contributed by atoms with Crippen molar-refractivity contribution in [2.24, 2.45) is 0 Å². The van der Waals surface area contributed by atoms with Crippen molar-refractivity contribution >= 4 is 11.6 Å². The van der Waals surface area contributed by atoms with Crippen molar-refractivity contribution in [2.45, 2.75) is 5.41 Å². The van der Waals surface area contributed by atoms with Crippen LogP contribution in [0.15, 0.2) is 103 Å². The summed E-state index contributed by atoms with van der Waals surface area (Å²) in [5, 5.41) is 0.726. The molecule has 0 saturated heterocycles. The van der Waals surface area contributed by atoms with E-state index in [4.69, 9.17) is 16.3 Å². The van der Waals surface area contributed by atoms with E-state index >= 15 is 0 Å². The van der Waals surface area contributed by atoms with Gasteiger partial charge in [0.2, 0.25) is 0 Å². The minimum Gasteiger partial charge on any atom is -0.457 e. The predicted molar refractivity (Wildman–Crippen MR) is 110 cm³/mol. The van der Waals surface area contributed by atoms with E-state index < -0.39 is 5.41 Å². The second kappa shape index (κ2) is 6.29. The predicted octanol–water partition coefficient (Wildman–Crippen LogP) is 6.83. The average Bonchev–Trinajstić information content (AvgIpc) is 2.72. The summed E-state index contributed by atoms with van der Waals surface area (Å²) in [7, 11) is 0. The Kier molecular flexibility index (Phi) is 3.77. The minimum atomic E-state index is -0.488. The third kappa shape index (κ3) is 2.39. The van der Waals surface area contributed by atoms with Gasteiger partial charge < -0.3 is 4.74 Å². The van der Waals surface area contributed by atoms with Gasteiger partial charge in [0.05, 0.1) is 5.41 Å². The molecule has 0 radical (unpaired) electrons. The van der Waals surface area contributed by atoms with Gasteiger partial charge in [-0.15, -0.1) is 0 Å². The number of halogens is 1. The first-order valence-corrected chi connectivity index (χ1v) is 9.36. The lowest BCUT2D eigenvalue weighted by Crippen LogP contribution is -2.34. The molecule has 0 N–H and O–H groups in total. The van der Waals surface area contributed by atoms with Crippen molar-refractivity contribution in [1.82, 2.24) is 0 Å². The molecule has 0 fully saturated rings. The standard InChI is InChI=1S/C25H17ClO/c26-20-12-8-11-19(17-20)25(18-9-2-1-3-10-18)21-13-4-6-15-23(21)27-24-16-7-5-14-22(24)25/h1-17H. The van der Waals surface area contributed by atoms with Crippen molar-refractivity contribution < 1.29 is 4.74 Å². The third-order valence-electron chi connectivity index (χ3n) is 5.27. The summed E-state index contributed by atoms with van der Waals surface area (Å²) in [5.74, 6) is 1.75. The molecule has 0 aliphatic carbocycles. The molecule has 2 heteroatoms. The molecule has 27 heavy (non-hydrogen) atoms. The van der Waals surface area contributed by atoms with Gasteiger partial charge in [0, 0.05) is 16.1 Å². The topological polar surface area (TPSA) is 9.23 Å². The highest BCUT2D eigenvalue weighted by molar-refractivity contribution is 6.30. The quantitative estimate of drug-likeness (QED) is 0.332. The van der Waals surface area contributed by atoms with E-state index in [1.54, 1.807) is 0 Å². The summed E-state index contributed by atoms with van der Waals surface area (Å²) < 4.78 is 6.27. The normalized spacial score (nSPS) is 14.0. The monoisotopic (exact) mass is 368 g/mol. The van der Waals surface area contributed by atoms with Crippen LogP contribution >= 0.6 is 11.6 Å². The lowest BCUT2D eigenvalue weighted by Gasteiger charge is -2.41. The van der Waals surface area contributed by atoms with Crippen LogP contribution in [0.3, 0.4) is 0 Å². The maximum absolute atomic E-state index is 6.44. The molecule has 0 amide bonds. The van der Waals surface area contributed by atoms with Gasteiger partial charge in [-0.1, -0.05) is 90.5 Å². The number of para-hydroxylation sites is 2. The molecular formula is C25H17ClO. The number of hydrogen-bond donors (Lipinski definition) is 0. The maximum Gasteiger partial charge on any atom is 0.132 e. The fourth-order valence-corrected chi connectivity index (χ4v) is 4.38. The number of hydrogen-bond acceptors (Lipinski definition) is 1. The Morgan fingerprint density at radius 3 is 1.74 bits per heavy atom. The molecular weight excluding hydrogens is 352 g/mol. The van der Waals surface area contributed by atoms with Gasteiger partial charge in [0.25, 0.3) is 0 Å². The number of fused-ring (bicyclic) bond motifs is 2. The molecule has 0 spiro atoms. The maximum atomic E-state index is 6.44. The van der Waals surface area contributed by atoms with Crippen LogP contribution in [0.5, 0.6) is 11.5 Å². The zero-order chi connectivity index (χ0) is 18.3. The highest BCUT2D eigenvalue weighted by atomic mass is 35.5. The van der Waals surface area contributed by atoms with Crippen LogP contribution in [-0.4, -0.2) is 0 Å². The van der Waals surface area contributed by atoms with Gasteiger partial charge in [0.15, 0.2) is 0 Å². The van der Waals surface area contributed by atoms with Crippen molar-refractivity contribution in [3.05, 3.63) is 130 Å². The first kappa shape index (κ1) is 16.2. The van der Waals surface area contributed by atoms with E-state index in [1.165, 1.54) is 5.56 Å². The fourth-order valence-electron chi connectivity index (χ4n) is 4.19. The molecule has 0 aromatic heterocycles. The molecule has 4 aromatic carbocycles. The lowest BCUT2D eigenvalue weighted by molar-refractivity contribution is 0.434. The zero-order valence-electron chi connectivity index (χ0n) is 14.6. The number of benzene rings is 4. The summed E-state index contributed by atoms with van der Waals surface area (Å²) in [6.07, 6.45) is 0. The molecule has 0 unspecified atom stereocenters. The van der Waals surface area contributed by atoms with E-state index in [2.05, 4.69) is 60.7 Å². The van der Waals surface area contributed by atoms with E-state index in [0.29, 0.717) is 0 Å². The molecule has 1 aliphatic heterocycles. The highest BCUT2D eigenvalue weighted by Gasteiger charge is 2.45. The SMILES string of the molecule is Clc1cccc(C2(c3ccccc3)c3ccccc3Oc3ccccc32)c1. The highest BCUT2D eigenvalue weighted by Crippen LogP contribution is 2.55. The van der Waals surface area contributed by atoms with Crippen LogP contribution in [0.25, 0.3) is 0 Å². The van der Waals surface area contributed by atoms with E-state index in [9.17, 15) is 0 Å². The Morgan fingerprint density at radius 2 is 1.11 bits per heavy atom. The van der Waals surface area contributed by atoms with Crippen LogP contribution in [-0.2, 0) is 5.41 Å². The van der Waals surface area contributed by atoms with Crippen molar-refractivity contribution in [3.8, 4) is 11.5 Å². The molecule has 0 saturated carbocycles. The summed E-state index contributed by atoms with van der Waals surface area (Å²) in [6.45, 7) is 0. The molecule has 1 heterocycles. The lowest BCUT2D eigenvalue weighted by atomic mass is 9.64. The number of ether oxygens (including phenoxy) is 1. The summed E-state index contributed by atoms with van der Waals surface area (Å²) in [6, 6.07) is 35.3. The molecule has 1 nitrogen and oxygen atoms in total. The second-order valence-electron chi connectivity index (χ2n) is 6.72. The Bertz CT molecular complexity index is 1070. The molecule has 0 atom stereocenters. The minimum absolute atomic E-state index is 0.488. The van der Waals surface area contributed by atoms with E-state index in [-0.39, 0.29) is 0 Å². The van der Waals surface area contributed by atoms with Gasteiger partial charge in [-0.2, -0.15) is 0 Å². The van der Waals surface area contributed by atoms with Gasteiger partial charge in [-0.25, -0.2) is 0 Å².